The molecular weight excluding hydrogens is 692 g/mol. The number of H-pyrrole nitrogens is 1. The fourth-order valence-electron chi connectivity index (χ4n) is 4.90. The number of hydrogen-bond acceptors (Lipinski definition) is 14. The lowest BCUT2D eigenvalue weighted by Gasteiger charge is -2.28. The molecule has 1 unspecified atom stereocenters. The Morgan fingerprint density at radius 3 is 2.20 bits per heavy atom. The summed E-state index contributed by atoms with van der Waals surface area (Å²) in [6.45, 7) is 9.23. The lowest BCUT2D eigenvalue weighted by molar-refractivity contribution is -0.143. The molecule has 290 valence electrons. The highest BCUT2D eigenvalue weighted by Gasteiger charge is 2.38. The minimum absolute atomic E-state index is 0.00867. The lowest BCUT2D eigenvalue weighted by atomic mass is 9.90. The normalized spacial score (nSPS) is 16.2. The van der Waals surface area contributed by atoms with Crippen LogP contribution in [0.25, 0.3) is 0 Å². The van der Waals surface area contributed by atoms with E-state index in [4.69, 9.17) is 13.7 Å². The summed E-state index contributed by atoms with van der Waals surface area (Å²) in [4.78, 5) is 66.0. The average molecular weight is 747 g/mol. The summed E-state index contributed by atoms with van der Waals surface area (Å²) < 4.78 is 40.4. The first kappa shape index (κ1) is 43.6. The van der Waals surface area contributed by atoms with E-state index in [2.05, 4.69) is 36.7 Å². The number of Topliss-reactive ketones (excluding diaryl/α,β-unsaturated/α-hetero) is 1. The third kappa shape index (κ3) is 18.0. The standard InChI is InChI=1S/C31H54N8O11S/c1-21(2)13-24(29(43)31(5,45)20-50-51(46,47)12-6-9-49-19-23-15-34-38-37-23)35-27(41)17-33-30(44)25(14-22(3)4)36-26(40)16-32-28(42)18-39-7-10-48-11-8-39/h15,21-22,24-25,45H,6-14,16-20H2,1-5H3,(H,32,42)(H,33,44)(H,35,41)(H,36,40)(H,34,37,38)/t24-,25-,31?/m0/s1. The SMILES string of the molecule is CC(C)C[C@H](NC(=O)CNC(=O)CN1CCOCC1)C(=O)NCC(=O)N[C@@H](CC(C)C)C(=O)C(C)(O)COS(=O)(=O)CCCOCc1c[nH]nn1. The highest BCUT2D eigenvalue weighted by Crippen LogP contribution is 2.16. The molecule has 0 radical (unpaired) electrons. The smallest absolute Gasteiger partial charge is 0.267 e. The van der Waals surface area contributed by atoms with Crippen LogP contribution in [0.4, 0.5) is 0 Å². The number of hydrogen-bond donors (Lipinski definition) is 6. The van der Waals surface area contributed by atoms with Crippen LogP contribution in [-0.2, 0) is 54.4 Å². The van der Waals surface area contributed by atoms with Crippen LogP contribution in [0.15, 0.2) is 6.20 Å². The maximum Gasteiger partial charge on any atom is 0.267 e. The van der Waals surface area contributed by atoms with Gasteiger partial charge in [0.1, 0.15) is 23.9 Å². The Morgan fingerprint density at radius 1 is 0.980 bits per heavy atom. The Labute approximate surface area is 298 Å². The van der Waals surface area contributed by atoms with Crippen molar-refractivity contribution in [3.05, 3.63) is 11.9 Å². The van der Waals surface area contributed by atoms with Gasteiger partial charge in [-0.2, -0.15) is 8.42 Å². The summed E-state index contributed by atoms with van der Waals surface area (Å²) in [5, 5.41) is 30.8. The predicted molar refractivity (Wildman–Crippen MR) is 182 cm³/mol. The van der Waals surface area contributed by atoms with Crippen molar-refractivity contribution in [2.75, 3.05) is 64.9 Å². The zero-order valence-electron chi connectivity index (χ0n) is 30.1. The van der Waals surface area contributed by atoms with Gasteiger partial charge in [0.2, 0.25) is 23.6 Å². The third-order valence-corrected chi connectivity index (χ3v) is 8.77. The van der Waals surface area contributed by atoms with Gasteiger partial charge in [0.25, 0.3) is 10.1 Å². The molecule has 19 nitrogen and oxygen atoms in total. The number of carbonyl (C=O) groups is 5. The fraction of sp³-hybridized carbons (Fsp3) is 0.774. The van der Waals surface area contributed by atoms with Gasteiger partial charge in [-0.3, -0.25) is 38.2 Å². The molecule has 1 saturated heterocycles. The van der Waals surface area contributed by atoms with Gasteiger partial charge >= 0.3 is 0 Å². The molecule has 0 bridgehead atoms. The molecule has 2 heterocycles. The van der Waals surface area contributed by atoms with E-state index in [1.165, 1.54) is 6.20 Å². The number of aromatic amines is 1. The second kappa shape index (κ2) is 21.7. The number of morpholine rings is 1. The first-order valence-corrected chi connectivity index (χ1v) is 18.5. The molecule has 20 heteroatoms. The monoisotopic (exact) mass is 746 g/mol. The number of aliphatic hydroxyl groups is 1. The van der Waals surface area contributed by atoms with Gasteiger partial charge in [-0.1, -0.05) is 32.9 Å². The van der Waals surface area contributed by atoms with Crippen molar-refractivity contribution in [1.29, 1.82) is 0 Å². The van der Waals surface area contributed by atoms with Gasteiger partial charge in [-0.15, -0.1) is 5.10 Å². The summed E-state index contributed by atoms with van der Waals surface area (Å²) >= 11 is 0. The lowest BCUT2D eigenvalue weighted by Crippen LogP contribution is -2.56. The summed E-state index contributed by atoms with van der Waals surface area (Å²) in [6.07, 6.45) is 1.97. The number of carbonyl (C=O) groups excluding carboxylic acids is 5. The molecule has 0 spiro atoms. The number of nitrogens with one attached hydrogen (secondary N) is 5. The molecule has 0 saturated carbocycles. The zero-order chi connectivity index (χ0) is 38.0. The Hall–Kier alpha value is -3.56. The second-order valence-electron chi connectivity index (χ2n) is 13.4. The summed E-state index contributed by atoms with van der Waals surface area (Å²) in [6, 6.07) is -2.23. The van der Waals surface area contributed by atoms with E-state index in [0.29, 0.717) is 32.0 Å². The molecular formula is C31H54N8O11S. The van der Waals surface area contributed by atoms with Gasteiger partial charge < -0.3 is 35.8 Å². The average Bonchev–Trinajstić information content (AvgIpc) is 3.58. The van der Waals surface area contributed by atoms with Gasteiger partial charge in [0.15, 0.2) is 5.78 Å². The molecule has 1 aliphatic rings. The van der Waals surface area contributed by atoms with Crippen LogP contribution in [0.1, 0.15) is 59.6 Å². The van der Waals surface area contributed by atoms with E-state index in [1.54, 1.807) is 13.8 Å². The minimum Gasteiger partial charge on any atom is -0.380 e. The maximum atomic E-state index is 13.3. The molecule has 0 aromatic carbocycles. The number of nitrogens with zero attached hydrogens (tertiary/aromatic N) is 3. The highest BCUT2D eigenvalue weighted by atomic mass is 32.2. The molecule has 6 N–H and O–H groups in total. The van der Waals surface area contributed by atoms with Crippen molar-refractivity contribution in [2.24, 2.45) is 11.8 Å². The molecule has 1 aliphatic heterocycles. The number of ether oxygens (including phenoxy) is 2. The van der Waals surface area contributed by atoms with Crippen molar-refractivity contribution < 1.29 is 51.2 Å². The van der Waals surface area contributed by atoms with Crippen LogP contribution >= 0.6 is 0 Å². The first-order chi connectivity index (χ1) is 24.0. The maximum absolute atomic E-state index is 13.3. The Morgan fingerprint density at radius 2 is 1.59 bits per heavy atom. The highest BCUT2D eigenvalue weighted by molar-refractivity contribution is 7.86. The number of ketones is 1. The molecule has 51 heavy (non-hydrogen) atoms. The van der Waals surface area contributed by atoms with Crippen molar-refractivity contribution in [2.45, 2.75) is 78.2 Å². The van der Waals surface area contributed by atoms with Gasteiger partial charge in [0.05, 0.1) is 51.2 Å². The van der Waals surface area contributed by atoms with E-state index in [1.807, 2.05) is 18.7 Å². The summed E-state index contributed by atoms with van der Waals surface area (Å²) in [5.41, 5.74) is -1.73. The Balaban J connectivity index is 1.86. The molecule has 2 rings (SSSR count). The van der Waals surface area contributed by atoms with Crippen molar-refractivity contribution in [3.8, 4) is 0 Å². The molecule has 3 atom stereocenters. The molecule has 0 aliphatic carbocycles. The van der Waals surface area contributed by atoms with E-state index in [0.717, 1.165) is 6.92 Å². The quantitative estimate of drug-likeness (QED) is 0.0494. The number of aromatic nitrogens is 3. The Bertz CT molecular complexity index is 1370. The molecule has 4 amide bonds. The molecule has 1 fully saturated rings. The van der Waals surface area contributed by atoms with Crippen LogP contribution in [-0.4, -0.2) is 146 Å². The van der Waals surface area contributed by atoms with E-state index in [9.17, 15) is 37.5 Å². The Kier molecular flexibility index (Phi) is 18.6. The summed E-state index contributed by atoms with van der Waals surface area (Å²) in [5.74, 6) is -3.74. The minimum atomic E-state index is -4.13. The van der Waals surface area contributed by atoms with Crippen LogP contribution in [0.3, 0.4) is 0 Å². The molecule has 1 aromatic heterocycles. The topological polar surface area (TPSA) is 260 Å². The predicted octanol–water partition coefficient (Wildman–Crippen LogP) is -2.00. The fourth-order valence-corrected chi connectivity index (χ4v) is 5.90. The van der Waals surface area contributed by atoms with Crippen LogP contribution in [0.5, 0.6) is 0 Å². The van der Waals surface area contributed by atoms with Gasteiger partial charge in [-0.25, -0.2) is 0 Å². The van der Waals surface area contributed by atoms with Crippen LogP contribution < -0.4 is 21.3 Å². The first-order valence-electron chi connectivity index (χ1n) is 17.0. The third-order valence-electron chi connectivity index (χ3n) is 7.51. The largest absolute Gasteiger partial charge is 0.380 e. The summed E-state index contributed by atoms with van der Waals surface area (Å²) in [7, 11) is -4.13. The zero-order valence-corrected chi connectivity index (χ0v) is 30.9. The van der Waals surface area contributed by atoms with E-state index >= 15 is 0 Å². The number of rotatable bonds is 24. The second-order valence-corrected chi connectivity index (χ2v) is 15.2. The van der Waals surface area contributed by atoms with Crippen molar-refractivity contribution in [1.82, 2.24) is 41.6 Å². The van der Waals surface area contributed by atoms with Crippen molar-refractivity contribution in [3.63, 3.8) is 0 Å². The van der Waals surface area contributed by atoms with Crippen LogP contribution in [0.2, 0.25) is 0 Å². The number of amides is 4. The van der Waals surface area contributed by atoms with Crippen molar-refractivity contribution >= 4 is 39.5 Å². The van der Waals surface area contributed by atoms with Gasteiger partial charge in [-0.05, 0) is 38.0 Å². The molecule has 1 aromatic rings. The van der Waals surface area contributed by atoms with Crippen LogP contribution in [0, 0.1) is 11.8 Å². The van der Waals surface area contributed by atoms with E-state index in [-0.39, 0.29) is 63.3 Å². The van der Waals surface area contributed by atoms with E-state index < -0.39 is 70.2 Å². The van der Waals surface area contributed by atoms with Gasteiger partial charge in [0, 0.05) is 25.9 Å².